The van der Waals surface area contributed by atoms with E-state index in [4.69, 9.17) is 0 Å². The van der Waals surface area contributed by atoms with Crippen LogP contribution in [-0.2, 0) is 6.54 Å². The fourth-order valence-electron chi connectivity index (χ4n) is 1.74. The lowest BCUT2D eigenvalue weighted by Crippen LogP contribution is -2.29. The van der Waals surface area contributed by atoms with Gasteiger partial charge in [0.25, 0.3) is 5.69 Å². The van der Waals surface area contributed by atoms with E-state index in [2.05, 4.69) is 10.6 Å². The molecule has 0 fully saturated rings. The number of anilines is 1. The van der Waals surface area contributed by atoms with Gasteiger partial charge in [-0.3, -0.25) is 10.1 Å². The van der Waals surface area contributed by atoms with Crippen molar-refractivity contribution < 1.29 is 9.31 Å². The smallest absolute Gasteiger partial charge is 0.292 e. The molecule has 0 aliphatic carbocycles. The van der Waals surface area contributed by atoms with E-state index in [-0.39, 0.29) is 11.7 Å². The maximum Gasteiger partial charge on any atom is 0.292 e. The molecule has 0 aromatic heterocycles. The quantitative estimate of drug-likeness (QED) is 0.563. The van der Waals surface area contributed by atoms with Gasteiger partial charge in [0.05, 0.1) is 4.92 Å². The zero-order valence-corrected chi connectivity index (χ0v) is 8.79. The lowest BCUT2D eigenvalue weighted by Gasteiger charge is -2.08. The third-order valence-electron chi connectivity index (χ3n) is 2.64. The van der Waals surface area contributed by atoms with E-state index >= 15 is 0 Å². The van der Waals surface area contributed by atoms with Crippen molar-refractivity contribution in [1.29, 1.82) is 0 Å². The van der Waals surface area contributed by atoms with E-state index in [1.54, 1.807) is 0 Å². The highest BCUT2D eigenvalue weighted by Gasteiger charge is 2.23. The topological polar surface area (TPSA) is 67.2 Å². The standard InChI is InChI=1S/C10H12FN3O2/c1-6-4-13-10-7(5-12-6)8(11)2-3-9(10)14(15)16/h2-3,6,12-13H,4-5H2,1H3/t6-/m0/s1. The van der Waals surface area contributed by atoms with Gasteiger partial charge in [-0.2, -0.15) is 0 Å². The maximum atomic E-state index is 13.5. The zero-order valence-electron chi connectivity index (χ0n) is 8.79. The van der Waals surface area contributed by atoms with E-state index in [0.717, 1.165) is 6.07 Å². The van der Waals surface area contributed by atoms with Crippen molar-refractivity contribution >= 4 is 11.4 Å². The minimum absolute atomic E-state index is 0.0766. The van der Waals surface area contributed by atoms with Crippen molar-refractivity contribution in [3.63, 3.8) is 0 Å². The van der Waals surface area contributed by atoms with Gasteiger partial charge in [0, 0.05) is 30.8 Å². The second-order valence-corrected chi connectivity index (χ2v) is 3.84. The summed E-state index contributed by atoms with van der Waals surface area (Å²) >= 11 is 0. The van der Waals surface area contributed by atoms with Crippen LogP contribution in [0.5, 0.6) is 0 Å². The maximum absolute atomic E-state index is 13.5. The normalized spacial score (nSPS) is 19.5. The monoisotopic (exact) mass is 225 g/mol. The van der Waals surface area contributed by atoms with Gasteiger partial charge in [0.1, 0.15) is 11.5 Å². The molecule has 1 aromatic rings. The molecule has 1 aliphatic rings. The Kier molecular flexibility index (Phi) is 2.74. The number of hydrogen-bond donors (Lipinski definition) is 2. The number of fused-ring (bicyclic) bond motifs is 1. The average Bonchev–Trinajstić information content (AvgIpc) is 2.42. The Hall–Kier alpha value is -1.69. The molecule has 0 spiro atoms. The number of nitrogens with zero attached hydrogens (tertiary/aromatic N) is 1. The minimum atomic E-state index is -0.499. The number of nitro groups is 1. The first-order chi connectivity index (χ1) is 7.59. The summed E-state index contributed by atoms with van der Waals surface area (Å²) in [5.74, 6) is -0.422. The first-order valence-electron chi connectivity index (χ1n) is 5.02. The summed E-state index contributed by atoms with van der Waals surface area (Å²) in [4.78, 5) is 10.3. The molecule has 0 radical (unpaired) electrons. The number of halogens is 1. The largest absolute Gasteiger partial charge is 0.378 e. The lowest BCUT2D eigenvalue weighted by atomic mass is 10.1. The average molecular weight is 225 g/mol. The molecule has 1 heterocycles. The predicted molar refractivity (Wildman–Crippen MR) is 57.8 cm³/mol. The number of nitro benzene ring substituents is 1. The molecule has 5 nitrogen and oxygen atoms in total. The van der Waals surface area contributed by atoms with Gasteiger partial charge in [-0.1, -0.05) is 0 Å². The third-order valence-corrected chi connectivity index (χ3v) is 2.64. The van der Waals surface area contributed by atoms with Gasteiger partial charge >= 0.3 is 0 Å². The van der Waals surface area contributed by atoms with Crippen molar-refractivity contribution in [3.05, 3.63) is 33.6 Å². The number of nitrogens with one attached hydrogen (secondary N) is 2. The van der Waals surface area contributed by atoms with E-state index < -0.39 is 10.7 Å². The molecule has 1 aliphatic heterocycles. The van der Waals surface area contributed by atoms with Gasteiger partial charge in [-0.15, -0.1) is 0 Å². The summed E-state index contributed by atoms with van der Waals surface area (Å²) in [6.45, 7) is 2.77. The highest BCUT2D eigenvalue weighted by atomic mass is 19.1. The van der Waals surface area contributed by atoms with Crippen LogP contribution in [0.3, 0.4) is 0 Å². The van der Waals surface area contributed by atoms with Gasteiger partial charge in [0.15, 0.2) is 0 Å². The van der Waals surface area contributed by atoms with Crippen molar-refractivity contribution in [1.82, 2.24) is 5.32 Å². The summed E-state index contributed by atoms with van der Waals surface area (Å²) in [6, 6.07) is 2.47. The van der Waals surface area contributed by atoms with Crippen molar-refractivity contribution in [2.75, 3.05) is 11.9 Å². The Balaban J connectivity index is 2.51. The van der Waals surface area contributed by atoms with E-state index in [0.29, 0.717) is 24.3 Å². The lowest BCUT2D eigenvalue weighted by molar-refractivity contribution is -0.384. The molecular formula is C10H12FN3O2. The molecule has 6 heteroatoms. The van der Waals surface area contributed by atoms with Crippen LogP contribution >= 0.6 is 0 Å². The van der Waals surface area contributed by atoms with Crippen molar-refractivity contribution in [2.24, 2.45) is 0 Å². The van der Waals surface area contributed by atoms with Crippen molar-refractivity contribution in [2.45, 2.75) is 19.5 Å². The molecule has 0 saturated heterocycles. The van der Waals surface area contributed by atoms with Crippen LogP contribution < -0.4 is 10.6 Å². The van der Waals surface area contributed by atoms with Crippen LogP contribution in [0, 0.1) is 15.9 Å². The number of benzene rings is 1. The molecule has 0 amide bonds. The molecule has 1 aromatic carbocycles. The summed E-state index contributed by atoms with van der Waals surface area (Å²) in [5.41, 5.74) is 0.549. The summed E-state index contributed by atoms with van der Waals surface area (Å²) in [7, 11) is 0. The summed E-state index contributed by atoms with van der Waals surface area (Å²) in [6.07, 6.45) is 0. The Labute approximate surface area is 91.8 Å². The second-order valence-electron chi connectivity index (χ2n) is 3.84. The third kappa shape index (κ3) is 1.83. The predicted octanol–water partition coefficient (Wildman–Crippen LogP) is 1.64. The second kappa shape index (κ2) is 4.05. The number of rotatable bonds is 1. The van der Waals surface area contributed by atoms with Crippen LogP contribution in [0.15, 0.2) is 12.1 Å². The van der Waals surface area contributed by atoms with Crippen LogP contribution in [0.4, 0.5) is 15.8 Å². The first kappa shape index (κ1) is 10.8. The molecule has 86 valence electrons. The molecule has 0 bridgehead atoms. The highest BCUT2D eigenvalue weighted by Crippen LogP contribution is 2.31. The van der Waals surface area contributed by atoms with Crippen LogP contribution in [0.25, 0.3) is 0 Å². The molecule has 0 unspecified atom stereocenters. The molecular weight excluding hydrogens is 213 g/mol. The molecule has 0 saturated carbocycles. The van der Waals surface area contributed by atoms with Gasteiger partial charge in [-0.25, -0.2) is 4.39 Å². The Bertz CT molecular complexity index is 436. The van der Waals surface area contributed by atoms with Gasteiger partial charge in [0.2, 0.25) is 0 Å². The van der Waals surface area contributed by atoms with Crippen LogP contribution in [0.1, 0.15) is 12.5 Å². The van der Waals surface area contributed by atoms with Crippen LogP contribution in [-0.4, -0.2) is 17.5 Å². The van der Waals surface area contributed by atoms with E-state index in [9.17, 15) is 14.5 Å². The Morgan fingerprint density at radius 1 is 1.56 bits per heavy atom. The summed E-state index contributed by atoms with van der Waals surface area (Å²) < 4.78 is 13.5. The van der Waals surface area contributed by atoms with E-state index in [1.165, 1.54) is 6.07 Å². The fraction of sp³-hybridized carbons (Fsp3) is 0.400. The number of hydrogen-bond acceptors (Lipinski definition) is 4. The highest BCUT2D eigenvalue weighted by molar-refractivity contribution is 5.67. The molecule has 16 heavy (non-hydrogen) atoms. The molecule has 1 atom stereocenters. The fourth-order valence-corrected chi connectivity index (χ4v) is 1.74. The zero-order chi connectivity index (χ0) is 11.7. The molecule has 2 N–H and O–H groups in total. The summed E-state index contributed by atoms with van der Waals surface area (Å²) in [5, 5.41) is 16.8. The van der Waals surface area contributed by atoms with Crippen molar-refractivity contribution in [3.8, 4) is 0 Å². The van der Waals surface area contributed by atoms with Gasteiger partial charge in [-0.05, 0) is 13.0 Å². The van der Waals surface area contributed by atoms with Gasteiger partial charge < -0.3 is 10.6 Å². The SMILES string of the molecule is C[C@H]1CNc2c([N+](=O)[O-])ccc(F)c2CN1. The minimum Gasteiger partial charge on any atom is -0.378 e. The Morgan fingerprint density at radius 3 is 3.00 bits per heavy atom. The van der Waals surface area contributed by atoms with E-state index in [1.807, 2.05) is 6.92 Å². The van der Waals surface area contributed by atoms with Crippen LogP contribution in [0.2, 0.25) is 0 Å². The first-order valence-corrected chi connectivity index (χ1v) is 5.02. The Morgan fingerprint density at radius 2 is 2.31 bits per heavy atom. The molecule has 2 rings (SSSR count).